The van der Waals surface area contributed by atoms with Crippen molar-refractivity contribution in [3.05, 3.63) is 29.3 Å². The molecule has 0 amide bonds. The van der Waals surface area contributed by atoms with Crippen molar-refractivity contribution in [1.82, 2.24) is 4.90 Å². The fraction of sp³-hybridized carbons (Fsp3) is 0.600. The molecule has 2 aliphatic rings. The zero-order valence-electron chi connectivity index (χ0n) is 11.3. The predicted molar refractivity (Wildman–Crippen MR) is 80.4 cm³/mol. The lowest BCUT2D eigenvalue weighted by atomic mass is 10.1. The van der Waals surface area contributed by atoms with Crippen LogP contribution in [0.5, 0.6) is 0 Å². The summed E-state index contributed by atoms with van der Waals surface area (Å²) in [5.74, 6) is 1.26. The third kappa shape index (κ3) is 2.67. The number of nitrogens with one attached hydrogen (secondary N) is 1. The highest BCUT2D eigenvalue weighted by atomic mass is 32.2. The monoisotopic (exact) mass is 262 g/mol. The summed E-state index contributed by atoms with van der Waals surface area (Å²) < 4.78 is 0.410. The molecule has 2 aliphatic heterocycles. The first-order valence-electron chi connectivity index (χ1n) is 6.84. The van der Waals surface area contributed by atoms with Gasteiger partial charge in [0, 0.05) is 42.4 Å². The van der Waals surface area contributed by atoms with E-state index in [0.29, 0.717) is 4.75 Å². The molecule has 1 N–H and O–H groups in total. The SMILES string of the molecule is CC1(C)CN(Cc2ccc3c(c2)NCC3)CCS1. The lowest BCUT2D eigenvalue weighted by molar-refractivity contribution is 0.252. The van der Waals surface area contributed by atoms with E-state index in [1.54, 1.807) is 0 Å². The van der Waals surface area contributed by atoms with Crippen molar-refractivity contribution < 1.29 is 0 Å². The number of anilines is 1. The number of thioether (sulfide) groups is 1. The molecule has 1 aromatic carbocycles. The highest BCUT2D eigenvalue weighted by molar-refractivity contribution is 8.00. The van der Waals surface area contributed by atoms with Crippen molar-refractivity contribution in [1.29, 1.82) is 0 Å². The average molecular weight is 262 g/mol. The molecule has 0 saturated carbocycles. The molecule has 1 aromatic rings. The van der Waals surface area contributed by atoms with Crippen LogP contribution in [0, 0.1) is 0 Å². The Morgan fingerprint density at radius 1 is 1.39 bits per heavy atom. The van der Waals surface area contributed by atoms with Gasteiger partial charge >= 0.3 is 0 Å². The summed E-state index contributed by atoms with van der Waals surface area (Å²) in [5, 5.41) is 3.47. The van der Waals surface area contributed by atoms with Crippen molar-refractivity contribution in [2.24, 2.45) is 0 Å². The van der Waals surface area contributed by atoms with Crippen molar-refractivity contribution in [3.63, 3.8) is 0 Å². The van der Waals surface area contributed by atoms with E-state index in [1.807, 2.05) is 0 Å². The fourth-order valence-corrected chi connectivity index (χ4v) is 4.12. The molecular weight excluding hydrogens is 240 g/mol. The van der Waals surface area contributed by atoms with E-state index in [1.165, 1.54) is 42.1 Å². The Bertz CT molecular complexity index is 442. The van der Waals surface area contributed by atoms with E-state index >= 15 is 0 Å². The first-order valence-corrected chi connectivity index (χ1v) is 7.83. The summed E-state index contributed by atoms with van der Waals surface area (Å²) in [4.78, 5) is 2.59. The van der Waals surface area contributed by atoms with Crippen molar-refractivity contribution >= 4 is 17.4 Å². The molecule has 0 unspecified atom stereocenters. The van der Waals surface area contributed by atoms with Gasteiger partial charge in [0.15, 0.2) is 0 Å². The zero-order valence-corrected chi connectivity index (χ0v) is 12.1. The van der Waals surface area contributed by atoms with Crippen molar-refractivity contribution in [3.8, 4) is 0 Å². The maximum atomic E-state index is 3.47. The van der Waals surface area contributed by atoms with E-state index < -0.39 is 0 Å². The third-order valence-electron chi connectivity index (χ3n) is 3.79. The summed E-state index contributed by atoms with van der Waals surface area (Å²) in [5.41, 5.74) is 4.29. The van der Waals surface area contributed by atoms with Gasteiger partial charge in [-0.05, 0) is 37.5 Å². The smallest absolute Gasteiger partial charge is 0.0376 e. The standard InChI is InChI=1S/C15H22N2S/c1-15(2)11-17(7-8-18-15)10-12-3-4-13-5-6-16-14(13)9-12/h3-4,9,16H,5-8,10-11H2,1-2H3. The molecule has 3 rings (SSSR count). The van der Waals surface area contributed by atoms with E-state index in [0.717, 1.165) is 13.1 Å². The Labute approximate surface area is 114 Å². The van der Waals surface area contributed by atoms with Gasteiger partial charge in [0.05, 0.1) is 0 Å². The van der Waals surface area contributed by atoms with Gasteiger partial charge in [-0.3, -0.25) is 4.90 Å². The van der Waals surface area contributed by atoms with E-state index in [4.69, 9.17) is 0 Å². The molecule has 2 heterocycles. The lowest BCUT2D eigenvalue weighted by Crippen LogP contribution is -2.42. The maximum Gasteiger partial charge on any atom is 0.0376 e. The third-order valence-corrected chi connectivity index (χ3v) is 5.09. The number of nitrogens with zero attached hydrogens (tertiary/aromatic N) is 1. The van der Waals surface area contributed by atoms with E-state index in [2.05, 4.69) is 54.0 Å². The summed E-state index contributed by atoms with van der Waals surface area (Å²) in [6.45, 7) is 9.33. The van der Waals surface area contributed by atoms with Crippen molar-refractivity contribution in [2.45, 2.75) is 31.6 Å². The quantitative estimate of drug-likeness (QED) is 0.882. The summed E-state index contributed by atoms with van der Waals surface area (Å²) >= 11 is 2.10. The minimum atomic E-state index is 0.410. The van der Waals surface area contributed by atoms with Crippen LogP contribution in [-0.2, 0) is 13.0 Å². The van der Waals surface area contributed by atoms with Crippen LogP contribution in [0.2, 0.25) is 0 Å². The predicted octanol–water partition coefficient (Wildman–Crippen LogP) is 2.98. The summed E-state index contributed by atoms with van der Waals surface area (Å²) in [6.07, 6.45) is 1.18. The van der Waals surface area contributed by atoms with Crippen LogP contribution < -0.4 is 5.32 Å². The van der Waals surface area contributed by atoms with Crippen LogP contribution in [-0.4, -0.2) is 35.0 Å². The van der Waals surface area contributed by atoms with Gasteiger partial charge in [-0.2, -0.15) is 11.8 Å². The first kappa shape index (κ1) is 12.4. The van der Waals surface area contributed by atoms with Gasteiger partial charge in [0.25, 0.3) is 0 Å². The molecular formula is C15H22N2S. The molecule has 0 radical (unpaired) electrons. The van der Waals surface area contributed by atoms with Gasteiger partial charge in [0.2, 0.25) is 0 Å². The minimum absolute atomic E-state index is 0.410. The van der Waals surface area contributed by atoms with Gasteiger partial charge < -0.3 is 5.32 Å². The van der Waals surface area contributed by atoms with Crippen LogP contribution in [0.1, 0.15) is 25.0 Å². The molecule has 0 bridgehead atoms. The van der Waals surface area contributed by atoms with E-state index in [-0.39, 0.29) is 0 Å². The summed E-state index contributed by atoms with van der Waals surface area (Å²) in [7, 11) is 0. The molecule has 0 aromatic heterocycles. The Balaban J connectivity index is 1.69. The highest BCUT2D eigenvalue weighted by Gasteiger charge is 2.26. The van der Waals surface area contributed by atoms with Crippen LogP contribution >= 0.6 is 11.8 Å². The molecule has 0 aliphatic carbocycles. The molecule has 0 spiro atoms. The number of benzene rings is 1. The molecule has 2 nitrogen and oxygen atoms in total. The summed E-state index contributed by atoms with van der Waals surface area (Å²) in [6, 6.07) is 6.95. The number of fused-ring (bicyclic) bond motifs is 1. The van der Waals surface area contributed by atoms with Gasteiger partial charge in [-0.1, -0.05) is 12.1 Å². The molecule has 1 fully saturated rings. The first-order chi connectivity index (χ1) is 8.62. The Hall–Kier alpha value is -0.670. The van der Waals surface area contributed by atoms with Gasteiger partial charge in [0.1, 0.15) is 0 Å². The second-order valence-electron chi connectivity index (χ2n) is 5.99. The largest absolute Gasteiger partial charge is 0.384 e. The maximum absolute atomic E-state index is 3.47. The number of rotatable bonds is 2. The second-order valence-corrected chi connectivity index (χ2v) is 7.79. The number of hydrogen-bond acceptors (Lipinski definition) is 3. The van der Waals surface area contributed by atoms with Crippen molar-refractivity contribution in [2.75, 3.05) is 30.7 Å². The Morgan fingerprint density at radius 3 is 3.11 bits per heavy atom. The lowest BCUT2D eigenvalue weighted by Gasteiger charge is -2.37. The zero-order chi connectivity index (χ0) is 12.6. The molecule has 3 heteroatoms. The van der Waals surface area contributed by atoms with Crippen LogP contribution in [0.3, 0.4) is 0 Å². The van der Waals surface area contributed by atoms with E-state index in [9.17, 15) is 0 Å². The molecule has 1 saturated heterocycles. The normalized spacial score (nSPS) is 22.6. The highest BCUT2D eigenvalue weighted by Crippen LogP contribution is 2.31. The Morgan fingerprint density at radius 2 is 2.28 bits per heavy atom. The number of hydrogen-bond donors (Lipinski definition) is 1. The average Bonchev–Trinajstić information content (AvgIpc) is 2.74. The topological polar surface area (TPSA) is 15.3 Å². The minimum Gasteiger partial charge on any atom is -0.384 e. The van der Waals surface area contributed by atoms with Gasteiger partial charge in [-0.15, -0.1) is 0 Å². The van der Waals surface area contributed by atoms with Crippen LogP contribution in [0.25, 0.3) is 0 Å². The second kappa shape index (κ2) is 4.78. The molecule has 0 atom stereocenters. The molecule has 98 valence electrons. The Kier molecular flexibility index (Phi) is 3.29. The van der Waals surface area contributed by atoms with Crippen LogP contribution in [0.4, 0.5) is 5.69 Å². The fourth-order valence-electron chi connectivity index (χ4n) is 2.94. The van der Waals surface area contributed by atoms with Gasteiger partial charge in [-0.25, -0.2) is 0 Å². The molecule has 18 heavy (non-hydrogen) atoms. The van der Waals surface area contributed by atoms with Crippen LogP contribution in [0.15, 0.2) is 18.2 Å².